The third-order valence-corrected chi connectivity index (χ3v) is 8.54. The van der Waals surface area contributed by atoms with Crippen LogP contribution in [-0.2, 0) is 15.4 Å². The van der Waals surface area contributed by atoms with Crippen LogP contribution in [0.15, 0.2) is 53.8 Å². The minimum atomic E-state index is -3.98. The van der Waals surface area contributed by atoms with Crippen LogP contribution in [0.5, 0.6) is 0 Å². The Morgan fingerprint density at radius 1 is 1.11 bits per heavy atom. The van der Waals surface area contributed by atoms with E-state index in [2.05, 4.69) is 34.1 Å². The smallest absolute Gasteiger partial charge is 0.223 e. The van der Waals surface area contributed by atoms with E-state index in [1.807, 2.05) is 0 Å². The fourth-order valence-corrected chi connectivity index (χ4v) is 6.48. The minimum absolute atomic E-state index is 0.0775. The van der Waals surface area contributed by atoms with Crippen molar-refractivity contribution in [3.05, 3.63) is 77.4 Å². The summed E-state index contributed by atoms with van der Waals surface area (Å²) in [5.74, 6) is -1.13. The second-order valence-corrected chi connectivity index (χ2v) is 11.2. The number of benzene rings is 1. The normalized spacial score (nSPS) is 22.1. The first-order valence-corrected chi connectivity index (χ1v) is 12.8. The molecule has 4 aromatic rings. The van der Waals surface area contributed by atoms with E-state index in [9.17, 15) is 17.2 Å². The summed E-state index contributed by atoms with van der Waals surface area (Å²) in [6.45, 7) is 4.26. The fraction of sp³-hybridized carbons (Fsp3) is 0.292. The molecule has 2 aliphatic carbocycles. The van der Waals surface area contributed by atoms with Gasteiger partial charge in [0, 0.05) is 12.4 Å². The number of halogens is 2. The molecule has 0 saturated heterocycles. The van der Waals surface area contributed by atoms with E-state index >= 15 is 0 Å². The average molecular weight is 510 g/mol. The number of fused-ring (bicyclic) bond motifs is 5. The van der Waals surface area contributed by atoms with Crippen LogP contribution >= 0.6 is 0 Å². The van der Waals surface area contributed by atoms with Gasteiger partial charge in [0.2, 0.25) is 0 Å². The average Bonchev–Trinajstić information content (AvgIpc) is 3.48. The minimum Gasteiger partial charge on any atom is -0.223 e. The molecule has 2 atom stereocenters. The van der Waals surface area contributed by atoms with Gasteiger partial charge in [0.15, 0.2) is 5.03 Å². The van der Waals surface area contributed by atoms with E-state index in [4.69, 9.17) is 10.1 Å². The van der Waals surface area contributed by atoms with E-state index in [-0.39, 0.29) is 33.6 Å². The number of rotatable bonds is 4. The van der Waals surface area contributed by atoms with E-state index in [1.54, 1.807) is 18.3 Å². The number of hydrogen-bond donors (Lipinski definition) is 1. The summed E-state index contributed by atoms with van der Waals surface area (Å²) < 4.78 is 53.5. The topological polar surface area (TPSA) is 130 Å². The number of nitrogens with two attached hydrogens (primary N) is 1. The van der Waals surface area contributed by atoms with Gasteiger partial charge in [0.05, 0.1) is 28.1 Å². The van der Waals surface area contributed by atoms with Gasteiger partial charge in [-0.25, -0.2) is 37.0 Å². The van der Waals surface area contributed by atoms with Crippen molar-refractivity contribution in [1.29, 1.82) is 0 Å². The van der Waals surface area contributed by atoms with E-state index in [0.29, 0.717) is 5.69 Å². The molecule has 1 aromatic carbocycles. The first-order chi connectivity index (χ1) is 17.0. The summed E-state index contributed by atoms with van der Waals surface area (Å²) in [5, 5.41) is 17.6. The molecule has 12 heteroatoms. The van der Waals surface area contributed by atoms with E-state index in [0.717, 1.165) is 24.1 Å². The van der Waals surface area contributed by atoms with Crippen LogP contribution in [0, 0.1) is 17.0 Å². The van der Waals surface area contributed by atoms with Crippen LogP contribution in [0.3, 0.4) is 0 Å². The van der Waals surface area contributed by atoms with Crippen LogP contribution < -0.4 is 5.14 Å². The Balaban J connectivity index is 1.49. The fourth-order valence-electron chi connectivity index (χ4n) is 6.02. The molecule has 0 radical (unpaired) electrons. The van der Waals surface area contributed by atoms with Crippen molar-refractivity contribution in [2.24, 2.45) is 10.6 Å². The standard InChI is InChI=1S/C24H21F2N7O2S/c1-23(2)14-6-9-24(23,18-7-10-28-22(29-18)33-11-8-19(32-33)36(27,34)35)21-13(14)12-17(30-31-21)20-15(25)4-3-5-16(20)26/h3-5,7-8,10-12,14H,6,9H2,1-2H3,(H2,27,34,35)/t14-,24+/m0/s1. The predicted octanol–water partition coefficient (Wildman–Crippen LogP) is 3.25. The van der Waals surface area contributed by atoms with Gasteiger partial charge in [0.1, 0.15) is 11.6 Å². The van der Waals surface area contributed by atoms with Crippen molar-refractivity contribution in [1.82, 2.24) is 29.9 Å². The van der Waals surface area contributed by atoms with Gasteiger partial charge in [-0.15, -0.1) is 5.10 Å². The largest absolute Gasteiger partial charge is 0.257 e. The lowest BCUT2D eigenvalue weighted by Gasteiger charge is -2.37. The van der Waals surface area contributed by atoms with Crippen molar-refractivity contribution in [2.45, 2.75) is 43.0 Å². The molecule has 2 aliphatic rings. The van der Waals surface area contributed by atoms with Crippen LogP contribution in [0.25, 0.3) is 17.2 Å². The molecule has 9 nitrogen and oxygen atoms in total. The van der Waals surface area contributed by atoms with Crippen LogP contribution in [0.4, 0.5) is 8.78 Å². The summed E-state index contributed by atoms with van der Waals surface area (Å²) in [7, 11) is -3.98. The molecule has 2 N–H and O–H groups in total. The Morgan fingerprint density at radius 3 is 2.56 bits per heavy atom. The Kier molecular flexibility index (Phi) is 4.71. The quantitative estimate of drug-likeness (QED) is 0.447. The van der Waals surface area contributed by atoms with Gasteiger partial charge in [-0.2, -0.15) is 10.2 Å². The third-order valence-electron chi connectivity index (χ3n) is 7.74. The zero-order chi connectivity index (χ0) is 25.5. The van der Waals surface area contributed by atoms with Gasteiger partial charge in [0.25, 0.3) is 16.0 Å². The van der Waals surface area contributed by atoms with E-state index in [1.165, 1.54) is 35.1 Å². The van der Waals surface area contributed by atoms with Gasteiger partial charge in [-0.1, -0.05) is 19.9 Å². The van der Waals surface area contributed by atoms with Gasteiger partial charge in [-0.05, 0) is 60.1 Å². The highest BCUT2D eigenvalue weighted by molar-refractivity contribution is 7.89. The molecule has 36 heavy (non-hydrogen) atoms. The highest BCUT2D eigenvalue weighted by atomic mass is 32.2. The van der Waals surface area contributed by atoms with Crippen molar-refractivity contribution >= 4 is 10.0 Å². The van der Waals surface area contributed by atoms with Crippen molar-refractivity contribution in [3.63, 3.8) is 0 Å². The monoisotopic (exact) mass is 509 g/mol. The lowest BCUT2D eigenvalue weighted by molar-refractivity contribution is 0.242. The maximum absolute atomic E-state index is 14.5. The molecule has 0 unspecified atom stereocenters. The molecule has 0 aliphatic heterocycles. The maximum Gasteiger partial charge on any atom is 0.257 e. The Hall–Kier alpha value is -3.64. The SMILES string of the molecule is CC1(C)[C@H]2CC[C@@]1(c1ccnc(-n3ccc(S(N)(=O)=O)n3)n1)c1nnc(-c3c(F)cccc3F)cc12. The van der Waals surface area contributed by atoms with Gasteiger partial charge in [-0.3, -0.25) is 0 Å². The lowest BCUT2D eigenvalue weighted by Crippen LogP contribution is -2.38. The highest BCUT2D eigenvalue weighted by Crippen LogP contribution is 2.69. The van der Waals surface area contributed by atoms with Crippen LogP contribution in [-0.4, -0.2) is 38.4 Å². The molecule has 6 rings (SSSR count). The molecule has 1 saturated carbocycles. The first-order valence-electron chi connectivity index (χ1n) is 11.3. The summed E-state index contributed by atoms with van der Waals surface area (Å²) in [5.41, 5.74) is 1.30. The number of primary sulfonamides is 1. The molecule has 3 heterocycles. The number of sulfonamides is 1. The molecular formula is C24H21F2N7O2S. The molecule has 0 spiro atoms. The summed E-state index contributed by atoms with van der Waals surface area (Å²) in [6, 6.07) is 8.53. The van der Waals surface area contributed by atoms with Gasteiger partial charge >= 0.3 is 0 Å². The van der Waals surface area contributed by atoms with Crippen molar-refractivity contribution in [2.75, 3.05) is 0 Å². The van der Waals surface area contributed by atoms with Crippen molar-refractivity contribution < 1.29 is 17.2 Å². The molecular weight excluding hydrogens is 488 g/mol. The molecule has 184 valence electrons. The molecule has 3 aromatic heterocycles. The Labute approximate surface area is 205 Å². The summed E-state index contributed by atoms with van der Waals surface area (Å²) >= 11 is 0. The number of aromatic nitrogens is 6. The molecule has 1 fully saturated rings. The highest BCUT2D eigenvalue weighted by Gasteiger charge is 2.65. The summed E-state index contributed by atoms with van der Waals surface area (Å²) in [6.07, 6.45) is 4.60. The Morgan fingerprint density at radius 2 is 1.86 bits per heavy atom. The zero-order valence-corrected chi connectivity index (χ0v) is 20.2. The maximum atomic E-state index is 14.5. The number of nitrogens with zero attached hydrogens (tertiary/aromatic N) is 6. The molecule has 2 bridgehead atoms. The Bertz CT molecular complexity index is 1630. The van der Waals surface area contributed by atoms with Crippen molar-refractivity contribution in [3.8, 4) is 17.2 Å². The first kappa shape index (κ1) is 22.8. The zero-order valence-electron chi connectivity index (χ0n) is 19.4. The third kappa shape index (κ3) is 3.00. The van der Waals surface area contributed by atoms with Crippen LogP contribution in [0.2, 0.25) is 0 Å². The second kappa shape index (κ2) is 7.43. The van der Waals surface area contributed by atoms with E-state index < -0.39 is 27.1 Å². The summed E-state index contributed by atoms with van der Waals surface area (Å²) in [4.78, 5) is 9.03. The second-order valence-electron chi connectivity index (χ2n) is 9.73. The predicted molar refractivity (Wildman–Crippen MR) is 124 cm³/mol. The van der Waals surface area contributed by atoms with Crippen LogP contribution in [0.1, 0.15) is 49.6 Å². The molecule has 0 amide bonds. The lowest BCUT2D eigenvalue weighted by atomic mass is 9.66. The van der Waals surface area contributed by atoms with Gasteiger partial charge < -0.3 is 0 Å². The number of hydrogen-bond acceptors (Lipinski definition) is 7.